The quantitative estimate of drug-likeness (QED) is 0.856. The van der Waals surface area contributed by atoms with Gasteiger partial charge in [-0.2, -0.15) is 0 Å². The minimum atomic E-state index is 0.549. The third kappa shape index (κ3) is 2.14. The number of hydrogen-bond acceptors (Lipinski definition) is 4. The van der Waals surface area contributed by atoms with Crippen LogP contribution in [-0.4, -0.2) is 28.4 Å². The van der Waals surface area contributed by atoms with E-state index in [2.05, 4.69) is 10.2 Å². The van der Waals surface area contributed by atoms with E-state index in [4.69, 9.17) is 10.5 Å². The van der Waals surface area contributed by atoms with Crippen molar-refractivity contribution in [3.05, 3.63) is 35.9 Å². The van der Waals surface area contributed by atoms with Gasteiger partial charge in [0, 0.05) is 6.42 Å². The van der Waals surface area contributed by atoms with Gasteiger partial charge >= 0.3 is 0 Å². The second kappa shape index (κ2) is 4.97. The fourth-order valence-corrected chi connectivity index (χ4v) is 1.83. The lowest BCUT2D eigenvalue weighted by Gasteiger charge is -2.12. The molecule has 1 aromatic carbocycles. The highest BCUT2D eigenvalue weighted by Crippen LogP contribution is 2.24. The molecule has 0 aliphatic carbocycles. The molecule has 0 amide bonds. The summed E-state index contributed by atoms with van der Waals surface area (Å²) in [4.78, 5) is 0. The zero-order chi connectivity index (χ0) is 12.3. The van der Waals surface area contributed by atoms with Crippen molar-refractivity contribution >= 4 is 0 Å². The Balaban J connectivity index is 2.55. The lowest BCUT2D eigenvalue weighted by Crippen LogP contribution is -2.10. The maximum Gasteiger partial charge on any atom is 0.142 e. The zero-order valence-corrected chi connectivity index (χ0v) is 10.1. The first kappa shape index (κ1) is 11.6. The number of aromatic nitrogens is 3. The molecule has 0 atom stereocenters. The van der Waals surface area contributed by atoms with E-state index in [0.29, 0.717) is 13.0 Å². The molecular weight excluding hydrogens is 216 g/mol. The van der Waals surface area contributed by atoms with Crippen LogP contribution in [-0.2, 0) is 6.42 Å². The van der Waals surface area contributed by atoms with Crippen molar-refractivity contribution in [2.75, 3.05) is 13.7 Å². The summed E-state index contributed by atoms with van der Waals surface area (Å²) < 4.78 is 7.33. The number of benzene rings is 1. The van der Waals surface area contributed by atoms with E-state index in [1.807, 2.05) is 35.8 Å². The molecule has 1 aromatic heterocycles. The highest BCUT2D eigenvalue weighted by molar-refractivity contribution is 5.47. The van der Waals surface area contributed by atoms with Crippen LogP contribution in [0.3, 0.4) is 0 Å². The van der Waals surface area contributed by atoms with E-state index in [0.717, 1.165) is 23.1 Å². The van der Waals surface area contributed by atoms with Gasteiger partial charge in [0.1, 0.15) is 17.4 Å². The molecule has 0 aliphatic rings. The topological polar surface area (TPSA) is 66.0 Å². The molecule has 0 saturated carbocycles. The molecule has 5 nitrogen and oxygen atoms in total. The lowest BCUT2D eigenvalue weighted by atomic mass is 10.2. The van der Waals surface area contributed by atoms with Gasteiger partial charge in [-0.25, -0.2) is 0 Å². The molecule has 0 unspecified atom stereocenters. The summed E-state index contributed by atoms with van der Waals surface area (Å²) in [5.41, 5.74) is 6.52. The van der Waals surface area contributed by atoms with Gasteiger partial charge in [-0.05, 0) is 25.6 Å². The molecule has 2 aromatic rings. The number of nitrogens with zero attached hydrogens (tertiary/aromatic N) is 3. The van der Waals surface area contributed by atoms with Crippen LogP contribution in [0.2, 0.25) is 0 Å². The van der Waals surface area contributed by atoms with Crippen LogP contribution in [0.5, 0.6) is 5.75 Å². The number of rotatable bonds is 4. The average molecular weight is 232 g/mol. The van der Waals surface area contributed by atoms with Crippen LogP contribution in [0, 0.1) is 6.92 Å². The Hall–Kier alpha value is -1.88. The Morgan fingerprint density at radius 1 is 1.29 bits per heavy atom. The van der Waals surface area contributed by atoms with Gasteiger partial charge in [-0.3, -0.25) is 4.57 Å². The van der Waals surface area contributed by atoms with Crippen LogP contribution >= 0.6 is 0 Å². The fourth-order valence-electron chi connectivity index (χ4n) is 1.83. The van der Waals surface area contributed by atoms with Gasteiger partial charge in [0.05, 0.1) is 12.8 Å². The highest BCUT2D eigenvalue weighted by atomic mass is 16.5. The van der Waals surface area contributed by atoms with Crippen LogP contribution in [0.1, 0.15) is 11.6 Å². The Bertz CT molecular complexity index is 507. The number of ether oxygens (including phenoxy) is 1. The number of para-hydroxylation sites is 2. The maximum atomic E-state index is 5.57. The van der Waals surface area contributed by atoms with E-state index in [1.165, 1.54) is 0 Å². The molecule has 2 N–H and O–H groups in total. The molecule has 0 radical (unpaired) electrons. The molecule has 5 heteroatoms. The summed E-state index contributed by atoms with van der Waals surface area (Å²) in [7, 11) is 1.65. The van der Waals surface area contributed by atoms with Gasteiger partial charge in [-0.1, -0.05) is 12.1 Å². The summed E-state index contributed by atoms with van der Waals surface area (Å²) in [6, 6.07) is 7.80. The predicted molar refractivity (Wildman–Crippen MR) is 65.4 cm³/mol. The zero-order valence-electron chi connectivity index (χ0n) is 10.1. The SMILES string of the molecule is COc1ccccc1-n1c(C)nnc1CCN. The first-order chi connectivity index (χ1) is 8.27. The monoisotopic (exact) mass is 232 g/mol. The van der Waals surface area contributed by atoms with E-state index in [1.54, 1.807) is 7.11 Å². The van der Waals surface area contributed by atoms with E-state index in [-0.39, 0.29) is 0 Å². The number of methoxy groups -OCH3 is 1. The lowest BCUT2D eigenvalue weighted by molar-refractivity contribution is 0.412. The Morgan fingerprint density at radius 3 is 2.76 bits per heavy atom. The average Bonchev–Trinajstić information content (AvgIpc) is 2.71. The maximum absolute atomic E-state index is 5.57. The second-order valence-corrected chi connectivity index (χ2v) is 3.71. The standard InChI is InChI=1S/C12H16N4O/c1-9-14-15-12(7-8-13)16(9)10-5-3-4-6-11(10)17-2/h3-6H,7-8,13H2,1-2H3. The summed E-state index contributed by atoms with van der Waals surface area (Å²) in [5.74, 6) is 2.49. The molecular formula is C12H16N4O. The molecule has 0 spiro atoms. The Kier molecular flexibility index (Phi) is 3.39. The van der Waals surface area contributed by atoms with Gasteiger partial charge in [0.25, 0.3) is 0 Å². The third-order valence-electron chi connectivity index (χ3n) is 2.59. The van der Waals surface area contributed by atoms with Crippen molar-refractivity contribution in [3.8, 4) is 11.4 Å². The van der Waals surface area contributed by atoms with Gasteiger partial charge in [0.15, 0.2) is 0 Å². The van der Waals surface area contributed by atoms with E-state index in [9.17, 15) is 0 Å². The number of aryl methyl sites for hydroxylation is 1. The smallest absolute Gasteiger partial charge is 0.142 e. The van der Waals surface area contributed by atoms with Gasteiger partial charge < -0.3 is 10.5 Å². The van der Waals surface area contributed by atoms with Crippen molar-refractivity contribution in [2.45, 2.75) is 13.3 Å². The van der Waals surface area contributed by atoms with Crippen molar-refractivity contribution in [1.29, 1.82) is 0 Å². The number of hydrogen-bond donors (Lipinski definition) is 1. The predicted octanol–water partition coefficient (Wildman–Crippen LogP) is 1.09. The molecule has 17 heavy (non-hydrogen) atoms. The van der Waals surface area contributed by atoms with Crippen molar-refractivity contribution < 1.29 is 4.74 Å². The van der Waals surface area contributed by atoms with Gasteiger partial charge in [0.2, 0.25) is 0 Å². The summed E-state index contributed by atoms with van der Waals surface area (Å²) in [6.07, 6.45) is 0.693. The van der Waals surface area contributed by atoms with Crippen molar-refractivity contribution in [2.24, 2.45) is 5.73 Å². The third-order valence-corrected chi connectivity index (χ3v) is 2.59. The van der Waals surface area contributed by atoms with Crippen molar-refractivity contribution in [3.63, 3.8) is 0 Å². The molecule has 1 heterocycles. The normalized spacial score (nSPS) is 10.5. The van der Waals surface area contributed by atoms with Crippen LogP contribution in [0.15, 0.2) is 24.3 Å². The summed E-state index contributed by atoms with van der Waals surface area (Å²) in [6.45, 7) is 2.47. The Morgan fingerprint density at radius 2 is 2.06 bits per heavy atom. The van der Waals surface area contributed by atoms with Gasteiger partial charge in [-0.15, -0.1) is 10.2 Å². The first-order valence-electron chi connectivity index (χ1n) is 5.52. The van der Waals surface area contributed by atoms with Crippen LogP contribution < -0.4 is 10.5 Å². The summed E-state index contributed by atoms with van der Waals surface area (Å²) >= 11 is 0. The first-order valence-corrected chi connectivity index (χ1v) is 5.52. The fraction of sp³-hybridized carbons (Fsp3) is 0.333. The molecule has 90 valence electrons. The second-order valence-electron chi connectivity index (χ2n) is 3.71. The Labute approximate surface area is 100 Å². The van der Waals surface area contributed by atoms with Crippen LogP contribution in [0.25, 0.3) is 5.69 Å². The minimum Gasteiger partial charge on any atom is -0.495 e. The highest BCUT2D eigenvalue weighted by Gasteiger charge is 2.13. The number of nitrogens with two attached hydrogens (primary N) is 1. The molecule has 0 aliphatic heterocycles. The van der Waals surface area contributed by atoms with Crippen LogP contribution in [0.4, 0.5) is 0 Å². The largest absolute Gasteiger partial charge is 0.495 e. The molecule has 2 rings (SSSR count). The van der Waals surface area contributed by atoms with Crippen molar-refractivity contribution in [1.82, 2.24) is 14.8 Å². The molecule has 0 bridgehead atoms. The summed E-state index contributed by atoms with van der Waals surface area (Å²) in [5, 5.41) is 8.22. The van der Waals surface area contributed by atoms with E-state index < -0.39 is 0 Å². The molecule has 0 fully saturated rings. The van der Waals surface area contributed by atoms with E-state index >= 15 is 0 Å². The minimum absolute atomic E-state index is 0.549. The molecule has 0 saturated heterocycles.